The highest BCUT2D eigenvalue weighted by molar-refractivity contribution is 7.99. The molecule has 2 rings (SSSR count). The number of halogens is 2. The molecule has 0 unspecified atom stereocenters. The average molecular weight is 321 g/mol. The van der Waals surface area contributed by atoms with E-state index in [2.05, 4.69) is 5.32 Å². The lowest BCUT2D eigenvalue weighted by Crippen LogP contribution is -2.44. The Hall–Kier alpha value is -1.11. The highest BCUT2D eigenvalue weighted by Gasteiger charge is 2.34. The summed E-state index contributed by atoms with van der Waals surface area (Å²) in [5.41, 5.74) is 0.289. The minimum absolute atomic E-state index is 0.289. The van der Waals surface area contributed by atoms with Crippen molar-refractivity contribution in [2.45, 2.75) is 6.04 Å². The zero-order chi connectivity index (χ0) is 14.0. The van der Waals surface area contributed by atoms with Gasteiger partial charge in [-0.05, 0) is 12.1 Å². The normalized spacial score (nSPS) is 18.4. The van der Waals surface area contributed by atoms with Crippen LogP contribution in [0.4, 0.5) is 10.5 Å². The molecule has 19 heavy (non-hydrogen) atoms. The number of rotatable bonds is 2. The number of hydrogen-bond donors (Lipinski definition) is 2. The van der Waals surface area contributed by atoms with E-state index >= 15 is 0 Å². The first-order valence-electron chi connectivity index (χ1n) is 5.33. The maximum Gasteiger partial charge on any atom is 0.327 e. The maximum atomic E-state index is 12.1. The molecule has 0 aromatic heterocycles. The van der Waals surface area contributed by atoms with Gasteiger partial charge in [-0.15, -0.1) is 11.8 Å². The first kappa shape index (κ1) is 14.3. The van der Waals surface area contributed by atoms with Gasteiger partial charge in [0.1, 0.15) is 6.04 Å². The number of anilines is 1. The number of carbonyl (C=O) groups excluding carboxylic acids is 1. The van der Waals surface area contributed by atoms with E-state index in [9.17, 15) is 9.59 Å². The molecule has 1 heterocycles. The molecule has 1 aliphatic rings. The molecule has 102 valence electrons. The Labute approximate surface area is 123 Å². The minimum atomic E-state index is -1.02. The van der Waals surface area contributed by atoms with Crippen LogP contribution in [0.1, 0.15) is 0 Å². The number of hydrogen-bond acceptors (Lipinski definition) is 3. The summed E-state index contributed by atoms with van der Waals surface area (Å²) < 4.78 is 0. The van der Waals surface area contributed by atoms with Crippen LogP contribution in [0.2, 0.25) is 10.0 Å². The molecule has 1 aromatic rings. The molecule has 0 bridgehead atoms. The monoisotopic (exact) mass is 320 g/mol. The summed E-state index contributed by atoms with van der Waals surface area (Å²) >= 11 is 13.3. The van der Waals surface area contributed by atoms with Gasteiger partial charge in [0.2, 0.25) is 0 Å². The van der Waals surface area contributed by atoms with Crippen LogP contribution in [0.25, 0.3) is 0 Å². The van der Waals surface area contributed by atoms with Gasteiger partial charge < -0.3 is 15.3 Å². The standard InChI is InChI=1S/C11H10Cl2N2O3S/c12-6-2-1-3-7(13)9(6)14-11(18)15-5-19-4-8(15)10(16)17/h1-3,8H,4-5H2,(H,14,18)(H,16,17)/t8-/m0/s1. The number of urea groups is 1. The zero-order valence-electron chi connectivity index (χ0n) is 9.60. The van der Waals surface area contributed by atoms with Crippen molar-refractivity contribution in [3.05, 3.63) is 28.2 Å². The van der Waals surface area contributed by atoms with Crippen molar-refractivity contribution in [3.63, 3.8) is 0 Å². The Kier molecular flexibility index (Phi) is 4.44. The van der Waals surface area contributed by atoms with Crippen LogP contribution < -0.4 is 5.32 Å². The number of aliphatic carboxylic acids is 1. The first-order valence-corrected chi connectivity index (χ1v) is 7.24. The number of carboxylic acids is 1. The SMILES string of the molecule is O=C(O)[C@@H]1CSCN1C(=O)Nc1c(Cl)cccc1Cl. The fraction of sp³-hybridized carbons (Fsp3) is 0.273. The van der Waals surface area contributed by atoms with Gasteiger partial charge in [-0.25, -0.2) is 9.59 Å². The lowest BCUT2D eigenvalue weighted by Gasteiger charge is -2.21. The number of para-hydroxylation sites is 1. The molecule has 1 saturated heterocycles. The van der Waals surface area contributed by atoms with E-state index in [1.54, 1.807) is 18.2 Å². The number of nitrogens with zero attached hydrogens (tertiary/aromatic N) is 1. The summed E-state index contributed by atoms with van der Waals surface area (Å²) in [5, 5.41) is 12.2. The highest BCUT2D eigenvalue weighted by atomic mass is 35.5. The number of amides is 2. The quantitative estimate of drug-likeness (QED) is 0.878. The molecule has 1 fully saturated rings. The Balaban J connectivity index is 2.15. The predicted octanol–water partition coefficient (Wildman–Crippen LogP) is 2.98. The Morgan fingerprint density at radius 2 is 2.00 bits per heavy atom. The van der Waals surface area contributed by atoms with Crippen LogP contribution in [0.15, 0.2) is 18.2 Å². The molecular weight excluding hydrogens is 311 g/mol. The summed E-state index contributed by atoms with van der Waals surface area (Å²) in [4.78, 5) is 24.3. The van der Waals surface area contributed by atoms with Gasteiger partial charge in [0, 0.05) is 5.75 Å². The molecule has 2 N–H and O–H groups in total. The molecule has 2 amide bonds. The maximum absolute atomic E-state index is 12.1. The minimum Gasteiger partial charge on any atom is -0.480 e. The van der Waals surface area contributed by atoms with Gasteiger partial charge >= 0.3 is 12.0 Å². The molecule has 0 saturated carbocycles. The van der Waals surface area contributed by atoms with Crippen LogP contribution in [0, 0.1) is 0 Å². The van der Waals surface area contributed by atoms with Crippen molar-refractivity contribution in [3.8, 4) is 0 Å². The van der Waals surface area contributed by atoms with Crippen molar-refractivity contribution < 1.29 is 14.7 Å². The predicted molar refractivity (Wildman–Crippen MR) is 76.1 cm³/mol. The third-order valence-corrected chi connectivity index (χ3v) is 4.27. The van der Waals surface area contributed by atoms with Crippen molar-refractivity contribution >= 4 is 52.7 Å². The second kappa shape index (κ2) is 5.90. The number of nitrogens with one attached hydrogen (secondary N) is 1. The second-order valence-corrected chi connectivity index (χ2v) is 5.66. The van der Waals surface area contributed by atoms with Gasteiger partial charge in [0.05, 0.1) is 21.6 Å². The first-order chi connectivity index (χ1) is 9.00. The largest absolute Gasteiger partial charge is 0.480 e. The topological polar surface area (TPSA) is 69.6 Å². The number of benzene rings is 1. The van der Waals surface area contributed by atoms with Crippen LogP contribution in [0.3, 0.4) is 0 Å². The summed E-state index contributed by atoms with van der Waals surface area (Å²) in [7, 11) is 0. The molecule has 1 atom stereocenters. The van der Waals surface area contributed by atoms with E-state index in [-0.39, 0.29) is 5.69 Å². The summed E-state index contributed by atoms with van der Waals surface area (Å²) in [5.74, 6) is -0.324. The number of thioether (sulfide) groups is 1. The fourth-order valence-electron chi connectivity index (χ4n) is 1.64. The van der Waals surface area contributed by atoms with Gasteiger partial charge in [0.25, 0.3) is 0 Å². The second-order valence-electron chi connectivity index (χ2n) is 3.85. The summed E-state index contributed by atoms with van der Waals surface area (Å²) in [6.07, 6.45) is 0. The Morgan fingerprint density at radius 1 is 1.37 bits per heavy atom. The Bertz CT molecular complexity index is 506. The molecule has 5 nitrogen and oxygen atoms in total. The highest BCUT2D eigenvalue weighted by Crippen LogP contribution is 2.31. The van der Waals surface area contributed by atoms with Crippen LogP contribution in [0.5, 0.6) is 0 Å². The number of carboxylic acid groups (broad SMARTS) is 1. The molecule has 0 radical (unpaired) electrons. The van der Waals surface area contributed by atoms with Gasteiger partial charge in [-0.3, -0.25) is 0 Å². The lowest BCUT2D eigenvalue weighted by atomic mass is 10.3. The van der Waals surface area contributed by atoms with Crippen molar-refractivity contribution in [2.75, 3.05) is 16.9 Å². The van der Waals surface area contributed by atoms with E-state index in [4.69, 9.17) is 28.3 Å². The number of carbonyl (C=O) groups is 2. The smallest absolute Gasteiger partial charge is 0.327 e. The van der Waals surface area contributed by atoms with E-state index in [0.29, 0.717) is 21.7 Å². The molecule has 1 aromatic carbocycles. The summed E-state index contributed by atoms with van der Waals surface area (Å²) in [6.45, 7) is 0. The molecule has 8 heteroatoms. The van der Waals surface area contributed by atoms with Gasteiger partial charge in [0.15, 0.2) is 0 Å². The van der Waals surface area contributed by atoms with Gasteiger partial charge in [-0.2, -0.15) is 0 Å². The van der Waals surface area contributed by atoms with E-state index in [0.717, 1.165) is 0 Å². The van der Waals surface area contributed by atoms with E-state index < -0.39 is 18.0 Å². The van der Waals surface area contributed by atoms with Crippen molar-refractivity contribution in [1.82, 2.24) is 4.90 Å². The Morgan fingerprint density at radius 3 is 2.58 bits per heavy atom. The average Bonchev–Trinajstić information content (AvgIpc) is 2.83. The fourth-order valence-corrected chi connectivity index (χ4v) is 3.28. The van der Waals surface area contributed by atoms with Crippen LogP contribution in [-0.2, 0) is 4.79 Å². The van der Waals surface area contributed by atoms with E-state index in [1.165, 1.54) is 16.7 Å². The zero-order valence-corrected chi connectivity index (χ0v) is 11.9. The van der Waals surface area contributed by atoms with Crippen molar-refractivity contribution in [1.29, 1.82) is 0 Å². The molecule has 1 aliphatic heterocycles. The van der Waals surface area contributed by atoms with Crippen LogP contribution in [-0.4, -0.2) is 39.7 Å². The molecular formula is C11H10Cl2N2O3S. The molecule has 0 spiro atoms. The third kappa shape index (κ3) is 3.08. The third-order valence-electron chi connectivity index (χ3n) is 2.62. The lowest BCUT2D eigenvalue weighted by molar-refractivity contribution is -0.140. The van der Waals surface area contributed by atoms with Crippen LogP contribution >= 0.6 is 35.0 Å². The molecule has 0 aliphatic carbocycles. The van der Waals surface area contributed by atoms with Gasteiger partial charge in [-0.1, -0.05) is 29.3 Å². The van der Waals surface area contributed by atoms with Crippen molar-refractivity contribution in [2.24, 2.45) is 0 Å². The van der Waals surface area contributed by atoms with E-state index in [1.807, 2.05) is 0 Å². The summed E-state index contributed by atoms with van der Waals surface area (Å²) in [6, 6.07) is 3.50.